The average molecular weight is 420 g/mol. The molecular formula is C17H12N10O4. The Morgan fingerprint density at radius 1 is 1.26 bits per heavy atom. The van der Waals surface area contributed by atoms with Crippen molar-refractivity contribution < 1.29 is 14.3 Å². The molecule has 154 valence electrons. The molecular weight excluding hydrogens is 408 g/mol. The van der Waals surface area contributed by atoms with Crippen LogP contribution in [0.1, 0.15) is 16.2 Å². The van der Waals surface area contributed by atoms with Crippen LogP contribution in [0.15, 0.2) is 58.4 Å². The molecule has 3 heterocycles. The van der Waals surface area contributed by atoms with E-state index in [4.69, 9.17) is 5.73 Å². The number of hydrazone groups is 1. The molecule has 0 radical (unpaired) electrons. The minimum absolute atomic E-state index is 0.0370. The van der Waals surface area contributed by atoms with Gasteiger partial charge in [-0.3, -0.25) is 19.9 Å². The Morgan fingerprint density at radius 2 is 2.13 bits per heavy atom. The molecule has 0 fully saturated rings. The van der Waals surface area contributed by atoms with Gasteiger partial charge in [-0.05, 0) is 22.4 Å². The molecule has 0 saturated heterocycles. The number of hydrogen-bond acceptors (Lipinski definition) is 11. The number of nitro benzene ring substituents is 1. The Bertz CT molecular complexity index is 1280. The second kappa shape index (κ2) is 8.16. The summed E-state index contributed by atoms with van der Waals surface area (Å²) in [6.07, 6.45) is 2.92. The molecule has 0 atom stereocenters. The van der Waals surface area contributed by atoms with Gasteiger partial charge in [-0.2, -0.15) is 9.78 Å². The maximum absolute atomic E-state index is 12.7. The molecule has 1 aromatic carbocycles. The van der Waals surface area contributed by atoms with Gasteiger partial charge in [0, 0.05) is 23.9 Å². The van der Waals surface area contributed by atoms with Gasteiger partial charge < -0.3 is 5.73 Å². The molecule has 3 N–H and O–H groups in total. The smallest absolute Gasteiger partial charge is 0.294 e. The lowest BCUT2D eigenvalue weighted by Crippen LogP contribution is -2.19. The monoisotopic (exact) mass is 420 g/mol. The number of anilines is 1. The lowest BCUT2D eigenvalue weighted by Gasteiger charge is -2.05. The summed E-state index contributed by atoms with van der Waals surface area (Å²) in [6, 6.07) is 10.8. The number of nitrogens with two attached hydrogens (primary N) is 1. The van der Waals surface area contributed by atoms with Crippen molar-refractivity contribution in [3.8, 4) is 17.1 Å². The molecule has 0 spiro atoms. The van der Waals surface area contributed by atoms with E-state index < -0.39 is 10.8 Å². The molecule has 31 heavy (non-hydrogen) atoms. The Kier molecular flexibility index (Phi) is 5.08. The summed E-state index contributed by atoms with van der Waals surface area (Å²) in [7, 11) is 0. The molecule has 3 aromatic heterocycles. The molecule has 0 aliphatic heterocycles. The number of carbonyl (C=O) groups excluding carboxylic acids is 1. The first-order valence-electron chi connectivity index (χ1n) is 8.58. The number of pyridine rings is 1. The fraction of sp³-hybridized carbons (Fsp3) is 0. The van der Waals surface area contributed by atoms with Crippen LogP contribution in [0, 0.1) is 10.1 Å². The molecule has 14 nitrogen and oxygen atoms in total. The zero-order valence-electron chi connectivity index (χ0n) is 15.5. The summed E-state index contributed by atoms with van der Waals surface area (Å²) < 4.78 is 5.68. The van der Waals surface area contributed by atoms with Crippen LogP contribution in [-0.2, 0) is 0 Å². The zero-order chi connectivity index (χ0) is 21.8. The van der Waals surface area contributed by atoms with Crippen LogP contribution in [0.25, 0.3) is 17.1 Å². The predicted octanol–water partition coefficient (Wildman–Crippen LogP) is 0.967. The van der Waals surface area contributed by atoms with Gasteiger partial charge in [0.15, 0.2) is 5.69 Å². The quantitative estimate of drug-likeness (QED) is 0.258. The average Bonchev–Trinajstić information content (AvgIpc) is 3.40. The second-order valence-corrected chi connectivity index (χ2v) is 5.93. The van der Waals surface area contributed by atoms with Gasteiger partial charge in [-0.25, -0.2) is 10.1 Å². The van der Waals surface area contributed by atoms with Crippen LogP contribution in [0.5, 0.6) is 0 Å². The van der Waals surface area contributed by atoms with Crippen LogP contribution < -0.4 is 11.2 Å². The number of nitrogens with one attached hydrogen (secondary N) is 1. The van der Waals surface area contributed by atoms with Crippen molar-refractivity contribution in [1.82, 2.24) is 35.7 Å². The lowest BCUT2D eigenvalue weighted by atomic mass is 10.1. The van der Waals surface area contributed by atoms with Crippen LogP contribution in [0.2, 0.25) is 0 Å². The van der Waals surface area contributed by atoms with E-state index in [2.05, 4.69) is 40.8 Å². The van der Waals surface area contributed by atoms with E-state index in [0.717, 1.165) is 4.68 Å². The lowest BCUT2D eigenvalue weighted by molar-refractivity contribution is -0.384. The van der Waals surface area contributed by atoms with Crippen molar-refractivity contribution >= 4 is 23.6 Å². The molecule has 1 amide bonds. The van der Waals surface area contributed by atoms with Crippen LogP contribution >= 0.6 is 0 Å². The molecule has 0 bridgehead atoms. The fourth-order valence-electron chi connectivity index (χ4n) is 2.61. The molecule has 0 unspecified atom stereocenters. The SMILES string of the molecule is Nc1nonc1-n1nnc(C(=O)NN=Cc2ccccn2)c1-c1cccc([N+](=O)[O-])c1. The highest BCUT2D eigenvalue weighted by Crippen LogP contribution is 2.28. The number of non-ortho nitro benzene ring substituents is 1. The van der Waals surface area contributed by atoms with E-state index in [-0.39, 0.29) is 34.3 Å². The van der Waals surface area contributed by atoms with Crippen molar-refractivity contribution in [2.75, 3.05) is 5.73 Å². The number of hydrogen-bond donors (Lipinski definition) is 2. The van der Waals surface area contributed by atoms with E-state index in [1.54, 1.807) is 30.5 Å². The van der Waals surface area contributed by atoms with Crippen LogP contribution in [0.4, 0.5) is 11.5 Å². The maximum Gasteiger partial charge on any atom is 0.294 e. The number of benzene rings is 1. The molecule has 0 aliphatic rings. The third-order valence-corrected chi connectivity index (χ3v) is 3.96. The topological polar surface area (TPSA) is 193 Å². The highest BCUT2D eigenvalue weighted by molar-refractivity contribution is 5.98. The van der Waals surface area contributed by atoms with E-state index >= 15 is 0 Å². The third kappa shape index (κ3) is 3.93. The Balaban J connectivity index is 1.74. The van der Waals surface area contributed by atoms with Crippen LogP contribution in [-0.4, -0.2) is 47.3 Å². The van der Waals surface area contributed by atoms with Crippen LogP contribution in [0.3, 0.4) is 0 Å². The maximum atomic E-state index is 12.7. The normalized spacial score (nSPS) is 11.0. The third-order valence-electron chi connectivity index (χ3n) is 3.96. The van der Waals surface area contributed by atoms with E-state index in [1.807, 2.05) is 0 Å². The second-order valence-electron chi connectivity index (χ2n) is 5.93. The minimum atomic E-state index is -0.727. The van der Waals surface area contributed by atoms with Crippen molar-refractivity contribution in [2.24, 2.45) is 5.10 Å². The van der Waals surface area contributed by atoms with Gasteiger partial charge in [-0.15, -0.1) is 5.10 Å². The number of rotatable bonds is 6. The summed E-state index contributed by atoms with van der Waals surface area (Å²) in [4.78, 5) is 27.4. The first-order valence-corrected chi connectivity index (χ1v) is 8.58. The molecule has 14 heteroatoms. The van der Waals surface area contributed by atoms with Gasteiger partial charge in [0.2, 0.25) is 11.6 Å². The number of carbonyl (C=O) groups is 1. The Hall–Kier alpha value is -5.01. The fourth-order valence-corrected chi connectivity index (χ4v) is 2.61. The number of nitro groups is 1. The van der Waals surface area contributed by atoms with Gasteiger partial charge >= 0.3 is 0 Å². The van der Waals surface area contributed by atoms with Gasteiger partial charge in [0.25, 0.3) is 11.6 Å². The largest absolute Gasteiger partial charge is 0.378 e. The summed E-state index contributed by atoms with van der Waals surface area (Å²) in [5.74, 6) is -0.878. The summed E-state index contributed by atoms with van der Waals surface area (Å²) in [6.45, 7) is 0. The Morgan fingerprint density at radius 3 is 2.84 bits per heavy atom. The molecule has 0 aliphatic carbocycles. The summed E-state index contributed by atoms with van der Waals surface area (Å²) in [5.41, 5.74) is 8.54. The van der Waals surface area contributed by atoms with Crippen molar-refractivity contribution in [3.05, 3.63) is 70.2 Å². The number of aromatic nitrogens is 6. The van der Waals surface area contributed by atoms with E-state index in [1.165, 1.54) is 24.4 Å². The zero-order valence-corrected chi connectivity index (χ0v) is 15.5. The highest BCUT2D eigenvalue weighted by Gasteiger charge is 2.26. The van der Waals surface area contributed by atoms with Crippen molar-refractivity contribution in [3.63, 3.8) is 0 Å². The van der Waals surface area contributed by atoms with Gasteiger partial charge in [0.05, 0.1) is 16.8 Å². The van der Waals surface area contributed by atoms with Gasteiger partial charge in [-0.1, -0.05) is 23.4 Å². The summed E-state index contributed by atoms with van der Waals surface area (Å²) in [5, 5.41) is 29.9. The first-order chi connectivity index (χ1) is 15.0. The molecule has 0 saturated carbocycles. The minimum Gasteiger partial charge on any atom is -0.378 e. The van der Waals surface area contributed by atoms with E-state index in [9.17, 15) is 14.9 Å². The number of nitrogens with zero attached hydrogens (tertiary/aromatic N) is 8. The Labute approximate surface area is 172 Å². The standard InChI is InChI=1S/C17H12N10O4/c18-15-16(24-31-23-15)26-14(10-4-3-6-12(8-10)27(29)30)13(21-25-26)17(28)22-20-9-11-5-1-2-7-19-11/h1-9H,(H2,18,23)(H,22,28). The molecule has 4 rings (SSSR count). The first kappa shape index (κ1) is 19.3. The van der Waals surface area contributed by atoms with Gasteiger partial charge in [0.1, 0.15) is 5.69 Å². The van der Waals surface area contributed by atoms with Crippen molar-refractivity contribution in [1.29, 1.82) is 0 Å². The van der Waals surface area contributed by atoms with E-state index in [0.29, 0.717) is 5.69 Å². The highest BCUT2D eigenvalue weighted by atomic mass is 16.6. The molecule has 4 aromatic rings. The number of amides is 1. The van der Waals surface area contributed by atoms with Crippen molar-refractivity contribution in [2.45, 2.75) is 0 Å². The number of nitrogen functional groups attached to an aromatic ring is 1. The predicted molar refractivity (Wildman–Crippen MR) is 105 cm³/mol. The summed E-state index contributed by atoms with van der Waals surface area (Å²) >= 11 is 0.